The highest BCUT2D eigenvalue weighted by Gasteiger charge is 2.18. The molecule has 0 bridgehead atoms. The number of allylic oxidation sites excluding steroid dienone is 3. The molecule has 0 unspecified atom stereocenters. The highest BCUT2D eigenvalue weighted by molar-refractivity contribution is 5.53. The molecule has 1 aromatic carbocycles. The lowest BCUT2D eigenvalue weighted by Crippen LogP contribution is -2.12. The molecule has 26 heavy (non-hydrogen) atoms. The molecule has 140 valence electrons. The smallest absolute Gasteiger partial charge is 0.0109 e. The second kappa shape index (κ2) is 12.6. The second-order valence-electron chi connectivity index (χ2n) is 7.75. The van der Waals surface area contributed by atoms with Crippen molar-refractivity contribution < 1.29 is 0 Å². The van der Waals surface area contributed by atoms with Crippen LogP contribution in [0.25, 0.3) is 6.08 Å². The van der Waals surface area contributed by atoms with Crippen molar-refractivity contribution >= 4 is 6.08 Å². The fourth-order valence-corrected chi connectivity index (χ4v) is 3.87. The van der Waals surface area contributed by atoms with Crippen molar-refractivity contribution in [1.29, 1.82) is 0 Å². The molecular weight excluding hydrogens is 312 g/mol. The van der Waals surface area contributed by atoms with Crippen LogP contribution in [-0.4, -0.2) is 0 Å². The zero-order valence-corrected chi connectivity index (χ0v) is 16.8. The minimum absolute atomic E-state index is 0.752. The maximum absolute atomic E-state index is 3.17. The summed E-state index contributed by atoms with van der Waals surface area (Å²) in [5.74, 6) is 8.04. The Hall–Kier alpha value is -1.74. The van der Waals surface area contributed by atoms with E-state index in [4.69, 9.17) is 0 Å². The molecule has 0 radical (unpaired) electrons. The molecule has 2 rings (SSSR count). The van der Waals surface area contributed by atoms with Crippen molar-refractivity contribution in [1.82, 2.24) is 0 Å². The Bertz CT molecular complexity index is 598. The molecule has 1 saturated carbocycles. The van der Waals surface area contributed by atoms with E-state index >= 15 is 0 Å². The topological polar surface area (TPSA) is 0 Å². The molecule has 1 aliphatic rings. The van der Waals surface area contributed by atoms with Gasteiger partial charge in [0.2, 0.25) is 0 Å². The molecule has 0 heterocycles. The first kappa shape index (κ1) is 20.6. The van der Waals surface area contributed by atoms with Gasteiger partial charge in [0.15, 0.2) is 0 Å². The van der Waals surface area contributed by atoms with Crippen LogP contribution in [0, 0.1) is 23.7 Å². The molecule has 0 aromatic heterocycles. The fraction of sp³-hybridized carbons (Fsp3) is 0.538. The summed E-state index contributed by atoms with van der Waals surface area (Å²) >= 11 is 0. The van der Waals surface area contributed by atoms with Crippen molar-refractivity contribution in [3.63, 3.8) is 0 Å². The Morgan fingerprint density at radius 3 is 2.31 bits per heavy atom. The first-order chi connectivity index (χ1) is 12.8. The number of rotatable bonds is 8. The number of hydrogen-bond acceptors (Lipinski definition) is 0. The highest BCUT2D eigenvalue weighted by Crippen LogP contribution is 2.31. The van der Waals surface area contributed by atoms with Crippen LogP contribution >= 0.6 is 0 Å². The van der Waals surface area contributed by atoms with Crippen molar-refractivity contribution in [2.75, 3.05) is 0 Å². The maximum Gasteiger partial charge on any atom is -0.0109 e. The van der Waals surface area contributed by atoms with Gasteiger partial charge in [0.1, 0.15) is 0 Å². The van der Waals surface area contributed by atoms with E-state index in [0.29, 0.717) is 0 Å². The Morgan fingerprint density at radius 1 is 0.885 bits per heavy atom. The molecular formula is C26H36. The predicted octanol–water partition coefficient (Wildman–Crippen LogP) is 7.60. The van der Waals surface area contributed by atoms with E-state index in [9.17, 15) is 0 Å². The van der Waals surface area contributed by atoms with Crippen LogP contribution in [0.15, 0.2) is 42.5 Å². The Kier molecular flexibility index (Phi) is 9.96. The summed E-state index contributed by atoms with van der Waals surface area (Å²) in [6, 6.07) is 8.89. The van der Waals surface area contributed by atoms with Gasteiger partial charge in [-0.1, -0.05) is 81.7 Å². The van der Waals surface area contributed by atoms with Crippen LogP contribution in [0.1, 0.15) is 82.8 Å². The van der Waals surface area contributed by atoms with Crippen LogP contribution < -0.4 is 0 Å². The van der Waals surface area contributed by atoms with Crippen molar-refractivity contribution in [2.45, 2.75) is 78.1 Å². The second-order valence-corrected chi connectivity index (χ2v) is 7.75. The Morgan fingerprint density at radius 2 is 1.62 bits per heavy atom. The third kappa shape index (κ3) is 8.09. The van der Waals surface area contributed by atoms with Gasteiger partial charge >= 0.3 is 0 Å². The average Bonchev–Trinajstić information content (AvgIpc) is 2.67. The van der Waals surface area contributed by atoms with Crippen LogP contribution in [-0.2, 0) is 6.42 Å². The van der Waals surface area contributed by atoms with Gasteiger partial charge in [-0.15, -0.1) is 0 Å². The van der Waals surface area contributed by atoms with Gasteiger partial charge in [-0.05, 0) is 79.7 Å². The maximum atomic E-state index is 3.17. The van der Waals surface area contributed by atoms with Crippen LogP contribution in [0.3, 0.4) is 0 Å². The lowest BCUT2D eigenvalue weighted by atomic mass is 9.80. The first-order valence-corrected chi connectivity index (χ1v) is 10.7. The van der Waals surface area contributed by atoms with Gasteiger partial charge in [0.25, 0.3) is 0 Å². The van der Waals surface area contributed by atoms with Gasteiger partial charge in [0, 0.05) is 0 Å². The van der Waals surface area contributed by atoms with E-state index in [1.807, 2.05) is 6.08 Å². The van der Waals surface area contributed by atoms with E-state index < -0.39 is 0 Å². The SMILES string of the molecule is CCCCCc1ccc(/C=C/C#C/C=C/C2CCC(CCC)CC2)cc1. The van der Waals surface area contributed by atoms with E-state index in [-0.39, 0.29) is 0 Å². The molecule has 0 nitrogen and oxygen atoms in total. The first-order valence-electron chi connectivity index (χ1n) is 10.7. The molecule has 0 spiro atoms. The monoisotopic (exact) mass is 348 g/mol. The third-order valence-electron chi connectivity index (χ3n) is 5.53. The highest BCUT2D eigenvalue weighted by atomic mass is 14.2. The molecule has 0 aliphatic heterocycles. The summed E-state index contributed by atoms with van der Waals surface area (Å²) < 4.78 is 0. The Labute approximate surface area is 161 Å². The zero-order chi connectivity index (χ0) is 18.5. The Balaban J connectivity index is 1.70. The summed E-state index contributed by atoms with van der Waals surface area (Å²) in [7, 11) is 0. The summed E-state index contributed by atoms with van der Waals surface area (Å²) in [5.41, 5.74) is 2.68. The molecule has 0 atom stereocenters. The lowest BCUT2D eigenvalue weighted by Gasteiger charge is -2.26. The molecule has 0 N–H and O–H groups in total. The normalized spacial score (nSPS) is 20.4. The molecule has 1 aromatic rings. The quantitative estimate of drug-likeness (QED) is 0.335. The van der Waals surface area contributed by atoms with E-state index in [0.717, 1.165) is 11.8 Å². The third-order valence-corrected chi connectivity index (χ3v) is 5.53. The molecule has 0 heteroatoms. The van der Waals surface area contributed by atoms with E-state index in [1.165, 1.54) is 75.3 Å². The molecule has 0 saturated heterocycles. The van der Waals surface area contributed by atoms with Gasteiger partial charge in [-0.2, -0.15) is 0 Å². The number of hydrogen-bond donors (Lipinski definition) is 0. The average molecular weight is 349 g/mol. The predicted molar refractivity (Wildman–Crippen MR) is 116 cm³/mol. The number of benzene rings is 1. The summed E-state index contributed by atoms with van der Waals surface area (Å²) in [4.78, 5) is 0. The summed E-state index contributed by atoms with van der Waals surface area (Å²) in [6.07, 6.45) is 21.8. The summed E-state index contributed by atoms with van der Waals surface area (Å²) in [6.45, 7) is 4.55. The minimum Gasteiger partial charge on any atom is -0.0730 e. The van der Waals surface area contributed by atoms with E-state index in [1.54, 1.807) is 0 Å². The van der Waals surface area contributed by atoms with E-state index in [2.05, 4.69) is 68.2 Å². The standard InChI is InChI=1S/C26H36/c1-3-5-8-12-24-19-21-26(22-20-24)14-10-7-6-9-13-25-17-15-23(11-4-2)16-18-25/h9-10,13-14,19-23,25H,3-5,8,11-12,15-18H2,1-2H3/b13-9+,14-10+. The molecule has 1 fully saturated rings. The zero-order valence-electron chi connectivity index (χ0n) is 16.8. The van der Waals surface area contributed by atoms with Gasteiger partial charge in [-0.25, -0.2) is 0 Å². The van der Waals surface area contributed by atoms with Crippen LogP contribution in [0.5, 0.6) is 0 Å². The van der Waals surface area contributed by atoms with Crippen molar-refractivity contribution in [3.8, 4) is 11.8 Å². The summed E-state index contributed by atoms with van der Waals surface area (Å²) in [5, 5.41) is 0. The minimum atomic E-state index is 0.752. The lowest BCUT2D eigenvalue weighted by molar-refractivity contribution is 0.294. The van der Waals surface area contributed by atoms with Crippen molar-refractivity contribution in [2.24, 2.45) is 11.8 Å². The van der Waals surface area contributed by atoms with Gasteiger partial charge in [0.05, 0.1) is 0 Å². The van der Waals surface area contributed by atoms with Crippen LogP contribution in [0.4, 0.5) is 0 Å². The van der Waals surface area contributed by atoms with Crippen molar-refractivity contribution in [3.05, 3.63) is 53.6 Å². The molecule has 0 amide bonds. The number of aryl methyl sites for hydroxylation is 1. The van der Waals surface area contributed by atoms with Gasteiger partial charge in [-0.3, -0.25) is 0 Å². The number of unbranched alkanes of at least 4 members (excludes halogenated alkanes) is 2. The largest absolute Gasteiger partial charge is 0.0730 e. The molecule has 1 aliphatic carbocycles. The van der Waals surface area contributed by atoms with Crippen LogP contribution in [0.2, 0.25) is 0 Å². The fourth-order valence-electron chi connectivity index (χ4n) is 3.87. The van der Waals surface area contributed by atoms with Gasteiger partial charge < -0.3 is 0 Å².